The average Bonchev–Trinajstić information content (AvgIpc) is 2.74. The first-order valence-electron chi connectivity index (χ1n) is 9.29. The zero-order chi connectivity index (χ0) is 21.2. The smallest absolute Gasteiger partial charge is 0.253 e. The van der Waals surface area contributed by atoms with E-state index < -0.39 is 10.0 Å². The molecule has 6 nitrogen and oxygen atoms in total. The number of hydrogen-bond acceptors (Lipinski definition) is 4. The van der Waals surface area contributed by atoms with E-state index in [9.17, 15) is 13.2 Å². The predicted octanol–water partition coefficient (Wildman–Crippen LogP) is 3.60. The molecule has 3 rings (SSSR count). The van der Waals surface area contributed by atoms with Gasteiger partial charge >= 0.3 is 0 Å². The molecule has 0 aromatic heterocycles. The molecule has 0 saturated carbocycles. The lowest BCUT2D eigenvalue weighted by Gasteiger charge is -2.34. The summed E-state index contributed by atoms with van der Waals surface area (Å²) >= 11 is 12.0. The molecule has 0 radical (unpaired) electrons. The molecule has 1 aliphatic rings. The SMILES string of the molecule is CCN(C)c1ccc(C(=O)N2CCN(S(=O)(=O)c3cc(Cl)ccc3Cl)CC2)cc1. The van der Waals surface area contributed by atoms with Crippen LogP contribution in [0.3, 0.4) is 0 Å². The summed E-state index contributed by atoms with van der Waals surface area (Å²) in [6.45, 7) is 3.96. The highest BCUT2D eigenvalue weighted by molar-refractivity contribution is 7.89. The maximum Gasteiger partial charge on any atom is 0.253 e. The number of carbonyl (C=O) groups excluding carboxylic acids is 1. The molecule has 0 atom stereocenters. The molecule has 0 aliphatic carbocycles. The first-order valence-corrected chi connectivity index (χ1v) is 11.5. The number of hydrogen-bond donors (Lipinski definition) is 0. The number of benzene rings is 2. The molecule has 29 heavy (non-hydrogen) atoms. The maximum atomic E-state index is 12.9. The standard InChI is InChI=1S/C20H23Cl2N3O3S/c1-3-23(2)17-7-4-15(5-8-17)20(26)24-10-12-25(13-11-24)29(27,28)19-14-16(21)6-9-18(19)22/h4-9,14H,3,10-13H2,1-2H3. The fraction of sp³-hybridized carbons (Fsp3) is 0.350. The van der Waals surface area contributed by atoms with Crippen LogP contribution in [0.1, 0.15) is 17.3 Å². The van der Waals surface area contributed by atoms with E-state index in [-0.39, 0.29) is 28.9 Å². The second kappa shape index (κ2) is 8.92. The molecule has 156 valence electrons. The Balaban J connectivity index is 1.68. The van der Waals surface area contributed by atoms with Crippen molar-refractivity contribution in [3.8, 4) is 0 Å². The monoisotopic (exact) mass is 455 g/mol. The Morgan fingerprint density at radius 1 is 1.03 bits per heavy atom. The summed E-state index contributed by atoms with van der Waals surface area (Å²) in [6, 6.07) is 11.8. The molecule has 1 saturated heterocycles. The molecule has 1 aliphatic heterocycles. The van der Waals surface area contributed by atoms with Crippen molar-refractivity contribution in [2.45, 2.75) is 11.8 Å². The third-order valence-electron chi connectivity index (χ3n) is 5.07. The van der Waals surface area contributed by atoms with Crippen LogP contribution in [0.15, 0.2) is 47.4 Å². The minimum atomic E-state index is -3.77. The van der Waals surface area contributed by atoms with Crippen LogP contribution in [0.25, 0.3) is 0 Å². The van der Waals surface area contributed by atoms with Crippen molar-refractivity contribution in [2.24, 2.45) is 0 Å². The van der Waals surface area contributed by atoms with Gasteiger partial charge in [-0.1, -0.05) is 23.2 Å². The molecule has 9 heteroatoms. The molecule has 1 amide bonds. The number of nitrogens with zero attached hydrogens (tertiary/aromatic N) is 3. The summed E-state index contributed by atoms with van der Waals surface area (Å²) < 4.78 is 27.2. The average molecular weight is 456 g/mol. The van der Waals surface area contributed by atoms with Crippen molar-refractivity contribution in [3.05, 3.63) is 58.1 Å². The van der Waals surface area contributed by atoms with Gasteiger partial charge in [0.1, 0.15) is 4.90 Å². The lowest BCUT2D eigenvalue weighted by molar-refractivity contribution is 0.0698. The Hall–Kier alpha value is -1.80. The molecular formula is C20H23Cl2N3O3S. The third-order valence-corrected chi connectivity index (χ3v) is 7.68. The van der Waals surface area contributed by atoms with Gasteiger partial charge in [0.05, 0.1) is 5.02 Å². The molecular weight excluding hydrogens is 433 g/mol. The summed E-state index contributed by atoms with van der Waals surface area (Å²) in [5, 5.41) is 0.434. The van der Waals surface area contributed by atoms with Gasteiger partial charge in [-0.2, -0.15) is 4.31 Å². The second-order valence-electron chi connectivity index (χ2n) is 6.83. The molecule has 2 aromatic rings. The lowest BCUT2D eigenvalue weighted by Crippen LogP contribution is -2.50. The number of rotatable bonds is 5. The maximum absolute atomic E-state index is 12.9. The fourth-order valence-corrected chi connectivity index (χ4v) is 5.33. The van der Waals surface area contributed by atoms with Crippen LogP contribution in [-0.4, -0.2) is 63.3 Å². The summed E-state index contributed by atoms with van der Waals surface area (Å²) in [5.41, 5.74) is 1.63. The van der Waals surface area contributed by atoms with E-state index in [2.05, 4.69) is 11.8 Å². The van der Waals surface area contributed by atoms with E-state index in [0.717, 1.165) is 12.2 Å². The van der Waals surface area contributed by atoms with Crippen molar-refractivity contribution in [3.63, 3.8) is 0 Å². The molecule has 0 bridgehead atoms. The van der Waals surface area contributed by atoms with E-state index in [1.165, 1.54) is 16.4 Å². The zero-order valence-corrected chi connectivity index (χ0v) is 18.6. The second-order valence-corrected chi connectivity index (χ2v) is 9.58. The predicted molar refractivity (Wildman–Crippen MR) is 117 cm³/mol. The zero-order valence-electron chi connectivity index (χ0n) is 16.3. The topological polar surface area (TPSA) is 60.9 Å². The number of sulfonamides is 1. The Morgan fingerprint density at radius 3 is 2.24 bits per heavy atom. The van der Waals surface area contributed by atoms with E-state index >= 15 is 0 Å². The fourth-order valence-electron chi connectivity index (χ4n) is 3.17. The first-order chi connectivity index (χ1) is 13.7. The van der Waals surface area contributed by atoms with Gasteiger partial charge in [0.25, 0.3) is 5.91 Å². The van der Waals surface area contributed by atoms with Gasteiger partial charge in [-0.05, 0) is 49.4 Å². The number of halogens is 2. The highest BCUT2D eigenvalue weighted by atomic mass is 35.5. The van der Waals surface area contributed by atoms with Crippen molar-refractivity contribution < 1.29 is 13.2 Å². The van der Waals surface area contributed by atoms with Gasteiger partial charge in [0.15, 0.2) is 0 Å². The summed E-state index contributed by atoms with van der Waals surface area (Å²) in [5.74, 6) is -0.103. The van der Waals surface area contributed by atoms with E-state index in [1.807, 2.05) is 19.2 Å². The Kier molecular flexibility index (Phi) is 6.73. The van der Waals surface area contributed by atoms with E-state index in [0.29, 0.717) is 23.7 Å². The van der Waals surface area contributed by atoms with Crippen LogP contribution in [0, 0.1) is 0 Å². The summed E-state index contributed by atoms with van der Waals surface area (Å²) in [6.07, 6.45) is 0. The van der Waals surface area contributed by atoms with Crippen LogP contribution in [-0.2, 0) is 10.0 Å². The van der Waals surface area contributed by atoms with Crippen LogP contribution in [0.5, 0.6) is 0 Å². The molecule has 1 fully saturated rings. The van der Waals surface area contributed by atoms with Gasteiger partial charge in [-0.3, -0.25) is 4.79 Å². The minimum absolute atomic E-state index is 0.0120. The van der Waals surface area contributed by atoms with Gasteiger partial charge in [-0.25, -0.2) is 8.42 Å². The first kappa shape index (κ1) is 21.9. The van der Waals surface area contributed by atoms with Crippen LogP contribution in [0.4, 0.5) is 5.69 Å². The Labute approximate surface area is 181 Å². The van der Waals surface area contributed by atoms with E-state index in [1.54, 1.807) is 23.1 Å². The van der Waals surface area contributed by atoms with Crippen LogP contribution < -0.4 is 4.90 Å². The highest BCUT2D eigenvalue weighted by Crippen LogP contribution is 2.28. The quantitative estimate of drug-likeness (QED) is 0.690. The molecule has 2 aromatic carbocycles. The van der Waals surface area contributed by atoms with Gasteiger partial charge < -0.3 is 9.80 Å². The van der Waals surface area contributed by atoms with Gasteiger partial charge in [0, 0.05) is 56.0 Å². The van der Waals surface area contributed by atoms with Crippen molar-refractivity contribution in [2.75, 3.05) is 44.7 Å². The number of amides is 1. The summed E-state index contributed by atoms with van der Waals surface area (Å²) in [7, 11) is -1.78. The molecule has 0 spiro atoms. The summed E-state index contributed by atoms with van der Waals surface area (Å²) in [4.78, 5) is 16.5. The molecule has 0 unspecified atom stereocenters. The van der Waals surface area contributed by atoms with Crippen molar-refractivity contribution >= 4 is 44.8 Å². The van der Waals surface area contributed by atoms with Crippen molar-refractivity contribution in [1.82, 2.24) is 9.21 Å². The minimum Gasteiger partial charge on any atom is -0.375 e. The largest absolute Gasteiger partial charge is 0.375 e. The van der Waals surface area contributed by atoms with E-state index in [4.69, 9.17) is 23.2 Å². The Morgan fingerprint density at radius 2 is 1.66 bits per heavy atom. The normalized spacial score (nSPS) is 15.4. The van der Waals surface area contributed by atoms with Crippen LogP contribution >= 0.6 is 23.2 Å². The lowest BCUT2D eigenvalue weighted by atomic mass is 10.1. The number of anilines is 1. The number of carbonyl (C=O) groups is 1. The van der Waals surface area contributed by atoms with Gasteiger partial charge in [-0.15, -0.1) is 0 Å². The Bertz CT molecular complexity index is 989. The third kappa shape index (κ3) is 4.69. The molecule has 0 N–H and O–H groups in total. The van der Waals surface area contributed by atoms with Crippen molar-refractivity contribution in [1.29, 1.82) is 0 Å². The molecule has 1 heterocycles. The highest BCUT2D eigenvalue weighted by Gasteiger charge is 2.32. The number of piperazine rings is 1. The van der Waals surface area contributed by atoms with Crippen LogP contribution in [0.2, 0.25) is 10.0 Å². The van der Waals surface area contributed by atoms with Gasteiger partial charge in [0.2, 0.25) is 10.0 Å².